The highest BCUT2D eigenvalue weighted by molar-refractivity contribution is 14.0. The number of carbonyl (C=O) groups excluding carboxylic acids is 1. The number of hydrogen-bond acceptors (Lipinski definition) is 2. The lowest BCUT2D eigenvalue weighted by Crippen LogP contribution is -2.39. The third kappa shape index (κ3) is 13.9. The zero-order valence-corrected chi connectivity index (χ0v) is 15.6. The molecule has 0 rings (SSSR count). The molecule has 0 fully saturated rings. The van der Waals surface area contributed by atoms with E-state index in [9.17, 15) is 4.79 Å². The Bertz CT molecular complexity index is 270. The molecule has 0 atom stereocenters. The lowest BCUT2D eigenvalue weighted by Gasteiger charge is -2.12. The van der Waals surface area contributed by atoms with Gasteiger partial charge in [0, 0.05) is 33.1 Å². The van der Waals surface area contributed by atoms with Crippen LogP contribution in [0.15, 0.2) is 4.99 Å². The molecular formula is C14H31IN4O. The van der Waals surface area contributed by atoms with Crippen molar-refractivity contribution in [3.05, 3.63) is 0 Å². The van der Waals surface area contributed by atoms with E-state index in [2.05, 4.69) is 34.8 Å². The van der Waals surface area contributed by atoms with Crippen LogP contribution in [0.1, 0.15) is 46.5 Å². The number of nitrogens with one attached hydrogen (secondary N) is 3. The molecule has 0 aliphatic rings. The molecule has 0 aromatic heterocycles. The highest BCUT2D eigenvalue weighted by Gasteiger charge is 2.01. The average molecular weight is 398 g/mol. The first-order valence-electron chi connectivity index (χ1n) is 7.31. The Morgan fingerprint density at radius 3 is 2.30 bits per heavy atom. The fourth-order valence-corrected chi connectivity index (χ4v) is 1.58. The van der Waals surface area contributed by atoms with E-state index in [0.717, 1.165) is 37.8 Å². The van der Waals surface area contributed by atoms with Crippen molar-refractivity contribution in [1.29, 1.82) is 0 Å². The number of rotatable bonds is 9. The Morgan fingerprint density at radius 2 is 1.75 bits per heavy atom. The molecule has 3 N–H and O–H groups in total. The van der Waals surface area contributed by atoms with Gasteiger partial charge in [0.05, 0.1) is 0 Å². The van der Waals surface area contributed by atoms with E-state index >= 15 is 0 Å². The molecule has 0 saturated heterocycles. The molecule has 0 bridgehead atoms. The largest absolute Gasteiger partial charge is 0.356 e. The number of halogens is 1. The van der Waals surface area contributed by atoms with Gasteiger partial charge in [0.15, 0.2) is 5.96 Å². The minimum Gasteiger partial charge on any atom is -0.356 e. The summed E-state index contributed by atoms with van der Waals surface area (Å²) in [5.74, 6) is 1.59. The van der Waals surface area contributed by atoms with Crippen LogP contribution in [0.25, 0.3) is 0 Å². The first-order chi connectivity index (χ1) is 9.10. The fourth-order valence-electron chi connectivity index (χ4n) is 1.58. The summed E-state index contributed by atoms with van der Waals surface area (Å²) in [6, 6.07) is 0. The number of carbonyl (C=O) groups is 1. The van der Waals surface area contributed by atoms with E-state index in [0.29, 0.717) is 13.0 Å². The summed E-state index contributed by atoms with van der Waals surface area (Å²) < 4.78 is 0. The van der Waals surface area contributed by atoms with E-state index in [4.69, 9.17) is 0 Å². The average Bonchev–Trinajstić information content (AvgIpc) is 2.38. The van der Waals surface area contributed by atoms with Gasteiger partial charge in [-0.1, -0.05) is 20.8 Å². The van der Waals surface area contributed by atoms with Crippen LogP contribution in [0.5, 0.6) is 0 Å². The fraction of sp³-hybridized carbons (Fsp3) is 0.857. The van der Waals surface area contributed by atoms with Crippen LogP contribution in [-0.2, 0) is 4.79 Å². The van der Waals surface area contributed by atoms with Gasteiger partial charge >= 0.3 is 0 Å². The van der Waals surface area contributed by atoms with Crippen LogP contribution in [-0.4, -0.2) is 38.5 Å². The number of amides is 1. The number of guanidine groups is 1. The smallest absolute Gasteiger partial charge is 0.221 e. The maximum atomic E-state index is 11.4. The lowest BCUT2D eigenvalue weighted by molar-refractivity contribution is -0.120. The summed E-state index contributed by atoms with van der Waals surface area (Å²) in [6.45, 7) is 8.77. The molecule has 0 unspecified atom stereocenters. The van der Waals surface area contributed by atoms with Crippen LogP contribution in [0.2, 0.25) is 0 Å². The van der Waals surface area contributed by atoms with E-state index in [-0.39, 0.29) is 29.9 Å². The molecule has 0 aromatic rings. The van der Waals surface area contributed by atoms with Gasteiger partial charge in [0.1, 0.15) is 0 Å². The van der Waals surface area contributed by atoms with Crippen molar-refractivity contribution in [3.8, 4) is 0 Å². The van der Waals surface area contributed by atoms with Crippen LogP contribution in [0.4, 0.5) is 0 Å². The second kappa shape index (κ2) is 14.9. The molecule has 0 aliphatic heterocycles. The summed E-state index contributed by atoms with van der Waals surface area (Å²) in [7, 11) is 1.74. The SMILES string of the molecule is CCCNC(=O)CCNC(=NC)NCCCC(C)C.I. The first kappa shape index (κ1) is 21.8. The van der Waals surface area contributed by atoms with E-state index in [1.54, 1.807) is 7.05 Å². The number of nitrogens with zero attached hydrogens (tertiary/aromatic N) is 1. The molecule has 0 aliphatic carbocycles. The topological polar surface area (TPSA) is 65.5 Å². The molecule has 6 heteroatoms. The lowest BCUT2D eigenvalue weighted by atomic mass is 10.1. The zero-order valence-electron chi connectivity index (χ0n) is 13.3. The monoisotopic (exact) mass is 398 g/mol. The van der Waals surface area contributed by atoms with Crippen molar-refractivity contribution in [2.24, 2.45) is 10.9 Å². The Kier molecular flexibility index (Phi) is 16.2. The van der Waals surface area contributed by atoms with E-state index in [1.807, 2.05) is 6.92 Å². The second-order valence-corrected chi connectivity index (χ2v) is 5.06. The van der Waals surface area contributed by atoms with Gasteiger partial charge < -0.3 is 16.0 Å². The maximum Gasteiger partial charge on any atom is 0.221 e. The Hall–Kier alpha value is -0.530. The molecule has 5 nitrogen and oxygen atoms in total. The predicted molar refractivity (Wildman–Crippen MR) is 96.8 cm³/mol. The number of aliphatic imine (C=N–C) groups is 1. The van der Waals surface area contributed by atoms with Crippen molar-refractivity contribution in [1.82, 2.24) is 16.0 Å². The van der Waals surface area contributed by atoms with Crippen molar-refractivity contribution >= 4 is 35.8 Å². The van der Waals surface area contributed by atoms with Gasteiger partial charge in [0.2, 0.25) is 5.91 Å². The maximum absolute atomic E-state index is 11.4. The number of hydrogen-bond donors (Lipinski definition) is 3. The molecule has 0 aromatic carbocycles. The quantitative estimate of drug-likeness (QED) is 0.241. The summed E-state index contributed by atoms with van der Waals surface area (Å²) >= 11 is 0. The Balaban J connectivity index is 0. The summed E-state index contributed by atoms with van der Waals surface area (Å²) in [5, 5.41) is 9.24. The molecule has 20 heavy (non-hydrogen) atoms. The van der Waals surface area contributed by atoms with Crippen LogP contribution in [0.3, 0.4) is 0 Å². The minimum atomic E-state index is 0. The molecule has 0 saturated carbocycles. The van der Waals surface area contributed by atoms with E-state index in [1.165, 1.54) is 6.42 Å². The summed E-state index contributed by atoms with van der Waals surface area (Å²) in [4.78, 5) is 15.5. The normalized spacial score (nSPS) is 10.9. The summed E-state index contributed by atoms with van der Waals surface area (Å²) in [6.07, 6.45) is 3.80. The molecule has 0 heterocycles. The molecule has 0 radical (unpaired) electrons. The molecular weight excluding hydrogens is 367 g/mol. The van der Waals surface area contributed by atoms with Crippen LogP contribution >= 0.6 is 24.0 Å². The molecule has 120 valence electrons. The van der Waals surface area contributed by atoms with Crippen molar-refractivity contribution in [2.75, 3.05) is 26.7 Å². The van der Waals surface area contributed by atoms with Gasteiger partial charge in [-0.2, -0.15) is 0 Å². The standard InChI is InChI=1S/C14H30N4O.HI/c1-5-9-16-13(19)8-11-18-14(15-4)17-10-6-7-12(2)3;/h12H,5-11H2,1-4H3,(H,16,19)(H2,15,17,18);1H. The highest BCUT2D eigenvalue weighted by Crippen LogP contribution is 2.01. The van der Waals surface area contributed by atoms with Gasteiger partial charge in [0.25, 0.3) is 0 Å². The van der Waals surface area contributed by atoms with E-state index < -0.39 is 0 Å². The predicted octanol–water partition coefficient (Wildman–Crippen LogP) is 2.12. The Morgan fingerprint density at radius 1 is 1.10 bits per heavy atom. The van der Waals surface area contributed by atoms with Crippen molar-refractivity contribution < 1.29 is 4.79 Å². The molecule has 1 amide bonds. The van der Waals surface area contributed by atoms with Gasteiger partial charge in [-0.15, -0.1) is 24.0 Å². The molecule has 0 spiro atoms. The zero-order chi connectivity index (χ0) is 14.5. The highest BCUT2D eigenvalue weighted by atomic mass is 127. The van der Waals surface area contributed by atoms with Crippen LogP contribution in [0, 0.1) is 5.92 Å². The van der Waals surface area contributed by atoms with Crippen molar-refractivity contribution in [3.63, 3.8) is 0 Å². The van der Waals surface area contributed by atoms with Crippen LogP contribution < -0.4 is 16.0 Å². The van der Waals surface area contributed by atoms with Gasteiger partial charge in [-0.25, -0.2) is 0 Å². The third-order valence-electron chi connectivity index (χ3n) is 2.69. The summed E-state index contributed by atoms with van der Waals surface area (Å²) in [5.41, 5.74) is 0. The Labute approximate surface area is 140 Å². The third-order valence-corrected chi connectivity index (χ3v) is 2.69. The van der Waals surface area contributed by atoms with Gasteiger partial charge in [-0.05, 0) is 25.2 Å². The first-order valence-corrected chi connectivity index (χ1v) is 7.31. The van der Waals surface area contributed by atoms with Crippen molar-refractivity contribution in [2.45, 2.75) is 46.5 Å². The second-order valence-electron chi connectivity index (χ2n) is 5.06. The van der Waals surface area contributed by atoms with Gasteiger partial charge in [-0.3, -0.25) is 9.79 Å². The minimum absolute atomic E-state index is 0.